The van der Waals surface area contributed by atoms with Crippen LogP contribution in [0.4, 0.5) is 0 Å². The van der Waals surface area contributed by atoms with Gasteiger partial charge >= 0.3 is 5.97 Å². The molecule has 0 spiro atoms. The highest BCUT2D eigenvalue weighted by Crippen LogP contribution is 2.27. The minimum atomic E-state index is -0.811. The van der Waals surface area contributed by atoms with Crippen molar-refractivity contribution in [3.05, 3.63) is 0 Å². The number of hydrogen-bond acceptors (Lipinski definition) is 4. The molecule has 6 nitrogen and oxygen atoms in total. The molecule has 2 aliphatic rings. The predicted octanol–water partition coefficient (Wildman–Crippen LogP) is -0.408. The van der Waals surface area contributed by atoms with E-state index in [1.807, 2.05) is 0 Å². The number of carboxylic acid groups (broad SMARTS) is 1. The topological polar surface area (TPSA) is 87.7 Å². The summed E-state index contributed by atoms with van der Waals surface area (Å²) >= 11 is 0. The first-order valence-corrected chi connectivity index (χ1v) is 6.47. The average Bonchev–Trinajstić information content (AvgIpc) is 3.18. The lowest BCUT2D eigenvalue weighted by Crippen LogP contribution is -2.44. The van der Waals surface area contributed by atoms with Crippen molar-refractivity contribution in [2.45, 2.75) is 25.4 Å². The fourth-order valence-corrected chi connectivity index (χ4v) is 2.04. The Bertz CT molecular complexity index is 317. The smallest absolute Gasteiger partial charge is 0.307 e. The number of ether oxygens (including phenoxy) is 1. The Morgan fingerprint density at radius 3 is 2.78 bits per heavy atom. The SMILES string of the molecule is O=C(COC1CNCC(C(=O)O)C1)NCC1CC1. The highest BCUT2D eigenvalue weighted by molar-refractivity contribution is 5.77. The molecule has 2 atom stereocenters. The van der Waals surface area contributed by atoms with E-state index in [-0.39, 0.29) is 18.6 Å². The van der Waals surface area contributed by atoms with E-state index < -0.39 is 11.9 Å². The zero-order valence-corrected chi connectivity index (χ0v) is 10.4. The lowest BCUT2D eigenvalue weighted by molar-refractivity contribution is -0.144. The van der Waals surface area contributed by atoms with Crippen molar-refractivity contribution in [3.63, 3.8) is 0 Å². The molecule has 1 amide bonds. The molecule has 1 saturated carbocycles. The Kier molecular flexibility index (Phi) is 4.54. The van der Waals surface area contributed by atoms with Crippen molar-refractivity contribution < 1.29 is 19.4 Å². The van der Waals surface area contributed by atoms with Crippen LogP contribution in [0.1, 0.15) is 19.3 Å². The zero-order valence-electron chi connectivity index (χ0n) is 10.4. The van der Waals surface area contributed by atoms with Gasteiger partial charge in [-0.15, -0.1) is 0 Å². The van der Waals surface area contributed by atoms with Crippen molar-refractivity contribution in [3.8, 4) is 0 Å². The predicted molar refractivity (Wildman–Crippen MR) is 64.1 cm³/mol. The lowest BCUT2D eigenvalue weighted by Gasteiger charge is -2.27. The van der Waals surface area contributed by atoms with Gasteiger partial charge < -0.3 is 20.5 Å². The molecule has 0 aromatic heterocycles. The third-order valence-corrected chi connectivity index (χ3v) is 3.39. The minimum absolute atomic E-state index is 0.0193. The van der Waals surface area contributed by atoms with Crippen LogP contribution in [0, 0.1) is 11.8 Å². The second kappa shape index (κ2) is 6.15. The van der Waals surface area contributed by atoms with Crippen LogP contribution in [0.5, 0.6) is 0 Å². The molecular weight excluding hydrogens is 236 g/mol. The van der Waals surface area contributed by atoms with E-state index in [1.54, 1.807) is 0 Å². The van der Waals surface area contributed by atoms with E-state index in [0.717, 1.165) is 6.54 Å². The van der Waals surface area contributed by atoms with Gasteiger partial charge in [0.2, 0.25) is 5.91 Å². The molecular formula is C12H20N2O4. The number of amides is 1. The maximum absolute atomic E-state index is 11.5. The summed E-state index contributed by atoms with van der Waals surface area (Å²) < 4.78 is 5.44. The summed E-state index contributed by atoms with van der Waals surface area (Å²) in [7, 11) is 0. The van der Waals surface area contributed by atoms with Crippen molar-refractivity contribution >= 4 is 11.9 Å². The number of carbonyl (C=O) groups is 2. The second-order valence-electron chi connectivity index (χ2n) is 5.11. The van der Waals surface area contributed by atoms with E-state index in [0.29, 0.717) is 25.4 Å². The molecule has 1 aliphatic heterocycles. The number of aliphatic carboxylic acids is 1. The molecule has 0 aromatic carbocycles. The standard InChI is InChI=1S/C12H20N2O4/c15-11(14-4-8-1-2-8)7-18-10-3-9(12(16)17)5-13-6-10/h8-10,13H,1-7H2,(H,14,15)(H,16,17). The highest BCUT2D eigenvalue weighted by Gasteiger charge is 2.27. The van der Waals surface area contributed by atoms with Gasteiger partial charge in [-0.25, -0.2) is 0 Å². The van der Waals surface area contributed by atoms with Gasteiger partial charge in [0.05, 0.1) is 12.0 Å². The number of nitrogens with one attached hydrogen (secondary N) is 2. The van der Waals surface area contributed by atoms with E-state index in [1.165, 1.54) is 12.8 Å². The van der Waals surface area contributed by atoms with Crippen molar-refractivity contribution in [2.24, 2.45) is 11.8 Å². The van der Waals surface area contributed by atoms with E-state index in [4.69, 9.17) is 9.84 Å². The first-order chi connectivity index (χ1) is 8.65. The van der Waals surface area contributed by atoms with Gasteiger partial charge in [-0.3, -0.25) is 9.59 Å². The van der Waals surface area contributed by atoms with Gasteiger partial charge in [-0.05, 0) is 25.2 Å². The Labute approximate surface area is 106 Å². The summed E-state index contributed by atoms with van der Waals surface area (Å²) in [6.45, 7) is 1.84. The van der Waals surface area contributed by atoms with Crippen LogP contribution in [0.3, 0.4) is 0 Å². The molecule has 0 aromatic rings. The summed E-state index contributed by atoms with van der Waals surface area (Å²) in [5, 5.41) is 14.7. The van der Waals surface area contributed by atoms with Crippen LogP contribution in [0.2, 0.25) is 0 Å². The number of carbonyl (C=O) groups excluding carboxylic acids is 1. The van der Waals surface area contributed by atoms with Crippen LogP contribution in [-0.2, 0) is 14.3 Å². The Hall–Kier alpha value is -1.14. The van der Waals surface area contributed by atoms with Crippen molar-refractivity contribution in [2.75, 3.05) is 26.2 Å². The largest absolute Gasteiger partial charge is 0.481 e. The first-order valence-electron chi connectivity index (χ1n) is 6.47. The van der Waals surface area contributed by atoms with Crippen LogP contribution in [0.25, 0.3) is 0 Å². The molecule has 0 bridgehead atoms. The van der Waals surface area contributed by atoms with Crippen LogP contribution < -0.4 is 10.6 Å². The first kappa shape index (κ1) is 13.3. The maximum atomic E-state index is 11.5. The molecule has 1 aliphatic carbocycles. The van der Waals surface area contributed by atoms with Gasteiger partial charge in [0.15, 0.2) is 0 Å². The minimum Gasteiger partial charge on any atom is -0.481 e. The van der Waals surface area contributed by atoms with E-state index >= 15 is 0 Å². The fourth-order valence-electron chi connectivity index (χ4n) is 2.04. The number of hydrogen-bond donors (Lipinski definition) is 3. The lowest BCUT2D eigenvalue weighted by atomic mass is 9.98. The highest BCUT2D eigenvalue weighted by atomic mass is 16.5. The zero-order chi connectivity index (χ0) is 13.0. The molecule has 3 N–H and O–H groups in total. The monoisotopic (exact) mass is 256 g/mol. The number of piperidine rings is 1. The van der Waals surface area contributed by atoms with E-state index in [9.17, 15) is 9.59 Å². The van der Waals surface area contributed by atoms with Crippen LogP contribution >= 0.6 is 0 Å². The van der Waals surface area contributed by atoms with Crippen LogP contribution in [0.15, 0.2) is 0 Å². The molecule has 0 radical (unpaired) electrons. The fraction of sp³-hybridized carbons (Fsp3) is 0.833. The van der Waals surface area contributed by atoms with Gasteiger partial charge in [0.25, 0.3) is 0 Å². The van der Waals surface area contributed by atoms with Gasteiger partial charge in [0, 0.05) is 19.6 Å². The second-order valence-corrected chi connectivity index (χ2v) is 5.11. The Balaban J connectivity index is 1.62. The summed E-state index contributed by atoms with van der Waals surface area (Å²) in [4.78, 5) is 22.3. The van der Waals surface area contributed by atoms with Gasteiger partial charge in [-0.1, -0.05) is 0 Å². The van der Waals surface area contributed by atoms with E-state index in [2.05, 4.69) is 10.6 Å². The quantitative estimate of drug-likeness (QED) is 0.601. The molecule has 2 fully saturated rings. The molecule has 1 heterocycles. The molecule has 2 rings (SSSR count). The third kappa shape index (κ3) is 4.27. The van der Waals surface area contributed by atoms with Crippen molar-refractivity contribution in [1.29, 1.82) is 0 Å². The normalized spacial score (nSPS) is 27.8. The Morgan fingerprint density at radius 2 is 2.11 bits per heavy atom. The summed E-state index contributed by atoms with van der Waals surface area (Å²) in [5.74, 6) is -0.687. The maximum Gasteiger partial charge on any atom is 0.307 e. The third-order valence-electron chi connectivity index (χ3n) is 3.39. The van der Waals surface area contributed by atoms with Gasteiger partial charge in [0.1, 0.15) is 6.61 Å². The molecule has 18 heavy (non-hydrogen) atoms. The number of rotatable bonds is 6. The van der Waals surface area contributed by atoms with Crippen molar-refractivity contribution in [1.82, 2.24) is 10.6 Å². The summed E-state index contributed by atoms with van der Waals surface area (Å²) in [5.41, 5.74) is 0. The van der Waals surface area contributed by atoms with Crippen LogP contribution in [-0.4, -0.2) is 49.3 Å². The molecule has 102 valence electrons. The summed E-state index contributed by atoms with van der Waals surface area (Å²) in [6.07, 6.45) is 2.69. The van der Waals surface area contributed by atoms with Gasteiger partial charge in [-0.2, -0.15) is 0 Å². The molecule has 2 unspecified atom stereocenters. The summed E-state index contributed by atoms with van der Waals surface area (Å²) in [6, 6.07) is 0. The Morgan fingerprint density at radius 1 is 1.33 bits per heavy atom. The number of carboxylic acids is 1. The molecule has 6 heteroatoms. The average molecular weight is 256 g/mol. The molecule has 1 saturated heterocycles.